The molecule has 0 aliphatic carbocycles. The number of aliphatic hydroxyl groups excluding tert-OH is 1. The Kier molecular flexibility index (Phi) is 6.58. The van der Waals surface area contributed by atoms with Gasteiger partial charge in [-0.3, -0.25) is 0 Å². The highest BCUT2D eigenvalue weighted by atomic mass is 16.5. The predicted molar refractivity (Wildman–Crippen MR) is 66.1 cm³/mol. The molecule has 96 valence electrons. The second-order valence-electron chi connectivity index (χ2n) is 3.78. The van der Waals surface area contributed by atoms with Crippen molar-refractivity contribution in [2.24, 2.45) is 0 Å². The lowest BCUT2D eigenvalue weighted by molar-refractivity contribution is 0.0988. The molecular formula is C13H21NO3. The third kappa shape index (κ3) is 5.15. The monoisotopic (exact) mass is 239 g/mol. The number of pyridine rings is 1. The second kappa shape index (κ2) is 8.03. The molecule has 0 bridgehead atoms. The van der Waals surface area contributed by atoms with Crippen LogP contribution in [0.25, 0.3) is 0 Å². The molecule has 0 aliphatic heterocycles. The van der Waals surface area contributed by atoms with Gasteiger partial charge in [-0.15, -0.1) is 0 Å². The smallest absolute Gasteiger partial charge is 0.213 e. The van der Waals surface area contributed by atoms with Crippen molar-refractivity contribution in [3.05, 3.63) is 23.4 Å². The maximum Gasteiger partial charge on any atom is 0.213 e. The molecule has 0 atom stereocenters. The maximum absolute atomic E-state index is 9.12. The van der Waals surface area contributed by atoms with Gasteiger partial charge in [0.1, 0.15) is 6.61 Å². The predicted octanol–water partition coefficient (Wildman–Crippen LogP) is 1.94. The quantitative estimate of drug-likeness (QED) is 0.704. The van der Waals surface area contributed by atoms with Crippen LogP contribution in [0.5, 0.6) is 5.88 Å². The molecule has 0 aromatic carbocycles. The van der Waals surface area contributed by atoms with Gasteiger partial charge in [0.25, 0.3) is 0 Å². The van der Waals surface area contributed by atoms with Gasteiger partial charge in [0.15, 0.2) is 0 Å². The molecule has 1 N–H and O–H groups in total. The van der Waals surface area contributed by atoms with Gasteiger partial charge in [-0.2, -0.15) is 0 Å². The average Bonchev–Trinajstić information content (AvgIpc) is 2.38. The van der Waals surface area contributed by atoms with Gasteiger partial charge in [-0.25, -0.2) is 4.98 Å². The van der Waals surface area contributed by atoms with Crippen LogP contribution in [0.4, 0.5) is 0 Å². The summed E-state index contributed by atoms with van der Waals surface area (Å²) in [6.07, 6.45) is 1.84. The first kappa shape index (κ1) is 13.9. The number of nitrogens with zero attached hydrogens (tertiary/aromatic N) is 1. The number of hydrogen-bond acceptors (Lipinski definition) is 4. The molecule has 0 saturated heterocycles. The number of rotatable bonds is 8. The SMILES string of the molecule is CCCOCCOc1cc(CO)cc(CC)n1. The third-order valence-corrected chi connectivity index (χ3v) is 2.29. The Bertz CT molecular complexity index is 306. The van der Waals surface area contributed by atoms with Gasteiger partial charge in [0, 0.05) is 18.4 Å². The molecule has 4 nitrogen and oxygen atoms in total. The Labute approximate surface area is 103 Å². The van der Waals surface area contributed by atoms with Crippen LogP contribution in [0.3, 0.4) is 0 Å². The van der Waals surface area contributed by atoms with Crippen molar-refractivity contribution < 1.29 is 14.6 Å². The highest BCUT2D eigenvalue weighted by molar-refractivity contribution is 5.24. The molecule has 1 heterocycles. The molecule has 1 aromatic rings. The van der Waals surface area contributed by atoms with Gasteiger partial charge >= 0.3 is 0 Å². The van der Waals surface area contributed by atoms with Crippen LogP contribution in [0.15, 0.2) is 12.1 Å². The molecular weight excluding hydrogens is 218 g/mol. The van der Waals surface area contributed by atoms with E-state index in [0.717, 1.165) is 30.7 Å². The lowest BCUT2D eigenvalue weighted by Crippen LogP contribution is -2.08. The fraction of sp³-hybridized carbons (Fsp3) is 0.615. The van der Waals surface area contributed by atoms with E-state index in [0.29, 0.717) is 19.1 Å². The Morgan fingerprint density at radius 2 is 2.00 bits per heavy atom. The number of aliphatic hydroxyl groups is 1. The lowest BCUT2D eigenvalue weighted by Gasteiger charge is -2.08. The summed E-state index contributed by atoms with van der Waals surface area (Å²) < 4.78 is 10.8. The standard InChI is InChI=1S/C13H21NO3/c1-3-5-16-6-7-17-13-9-11(10-15)8-12(4-2)14-13/h8-9,15H,3-7,10H2,1-2H3. The van der Waals surface area contributed by atoms with Crippen LogP contribution in [0, 0.1) is 0 Å². The number of hydrogen-bond donors (Lipinski definition) is 1. The van der Waals surface area contributed by atoms with E-state index in [-0.39, 0.29) is 6.61 Å². The van der Waals surface area contributed by atoms with Crippen LogP contribution < -0.4 is 4.74 Å². The Hall–Kier alpha value is -1.13. The van der Waals surface area contributed by atoms with E-state index >= 15 is 0 Å². The third-order valence-electron chi connectivity index (χ3n) is 2.29. The van der Waals surface area contributed by atoms with Crippen LogP contribution in [-0.4, -0.2) is 29.9 Å². The molecule has 4 heteroatoms. The summed E-state index contributed by atoms with van der Waals surface area (Å²) in [5.41, 5.74) is 1.77. The molecule has 17 heavy (non-hydrogen) atoms. The minimum Gasteiger partial charge on any atom is -0.475 e. The van der Waals surface area contributed by atoms with Crippen LogP contribution in [0.2, 0.25) is 0 Å². The molecule has 0 fully saturated rings. The van der Waals surface area contributed by atoms with E-state index in [1.165, 1.54) is 0 Å². The summed E-state index contributed by atoms with van der Waals surface area (Å²) in [7, 11) is 0. The van der Waals surface area contributed by atoms with E-state index < -0.39 is 0 Å². The Morgan fingerprint density at radius 1 is 1.18 bits per heavy atom. The summed E-state index contributed by atoms with van der Waals surface area (Å²) in [6, 6.07) is 3.65. The average molecular weight is 239 g/mol. The first-order valence-corrected chi connectivity index (χ1v) is 6.11. The second-order valence-corrected chi connectivity index (χ2v) is 3.78. The zero-order valence-corrected chi connectivity index (χ0v) is 10.6. The molecule has 0 saturated carbocycles. The largest absolute Gasteiger partial charge is 0.475 e. The number of aromatic nitrogens is 1. The molecule has 1 aromatic heterocycles. The molecule has 0 radical (unpaired) electrons. The fourth-order valence-corrected chi connectivity index (χ4v) is 1.42. The highest BCUT2D eigenvalue weighted by Gasteiger charge is 2.02. The van der Waals surface area contributed by atoms with Crippen LogP contribution in [-0.2, 0) is 17.8 Å². The van der Waals surface area contributed by atoms with Crippen molar-refractivity contribution >= 4 is 0 Å². The van der Waals surface area contributed by atoms with E-state index in [2.05, 4.69) is 11.9 Å². The van der Waals surface area contributed by atoms with E-state index in [4.69, 9.17) is 14.6 Å². The van der Waals surface area contributed by atoms with Crippen LogP contribution in [0.1, 0.15) is 31.5 Å². The maximum atomic E-state index is 9.12. The van der Waals surface area contributed by atoms with Crippen molar-refractivity contribution in [3.8, 4) is 5.88 Å². The van der Waals surface area contributed by atoms with E-state index in [9.17, 15) is 0 Å². The van der Waals surface area contributed by atoms with Crippen molar-refractivity contribution in [3.63, 3.8) is 0 Å². The topological polar surface area (TPSA) is 51.6 Å². The van der Waals surface area contributed by atoms with Gasteiger partial charge < -0.3 is 14.6 Å². The van der Waals surface area contributed by atoms with Gasteiger partial charge in [0.05, 0.1) is 13.2 Å². The fourth-order valence-electron chi connectivity index (χ4n) is 1.42. The first-order chi connectivity index (χ1) is 8.30. The first-order valence-electron chi connectivity index (χ1n) is 6.11. The Balaban J connectivity index is 2.46. The molecule has 1 rings (SSSR count). The summed E-state index contributed by atoms with van der Waals surface area (Å²) in [5.74, 6) is 0.563. The van der Waals surface area contributed by atoms with Gasteiger partial charge in [-0.05, 0) is 24.5 Å². The summed E-state index contributed by atoms with van der Waals surface area (Å²) in [4.78, 5) is 4.33. The highest BCUT2D eigenvalue weighted by Crippen LogP contribution is 2.13. The number of ether oxygens (including phenoxy) is 2. The van der Waals surface area contributed by atoms with Crippen molar-refractivity contribution in [1.29, 1.82) is 0 Å². The van der Waals surface area contributed by atoms with Gasteiger partial charge in [0.2, 0.25) is 5.88 Å². The van der Waals surface area contributed by atoms with Crippen molar-refractivity contribution in [1.82, 2.24) is 4.98 Å². The summed E-state index contributed by atoms with van der Waals surface area (Å²) in [6.45, 7) is 5.93. The van der Waals surface area contributed by atoms with Crippen molar-refractivity contribution in [2.45, 2.75) is 33.3 Å². The van der Waals surface area contributed by atoms with Gasteiger partial charge in [-0.1, -0.05) is 13.8 Å². The van der Waals surface area contributed by atoms with Crippen molar-refractivity contribution in [2.75, 3.05) is 19.8 Å². The molecule has 0 unspecified atom stereocenters. The molecule has 0 aliphatic rings. The lowest BCUT2D eigenvalue weighted by atomic mass is 10.2. The summed E-state index contributed by atoms with van der Waals surface area (Å²) in [5, 5.41) is 9.12. The van der Waals surface area contributed by atoms with E-state index in [1.807, 2.05) is 13.0 Å². The zero-order valence-electron chi connectivity index (χ0n) is 10.6. The molecule has 0 amide bonds. The van der Waals surface area contributed by atoms with E-state index in [1.54, 1.807) is 6.07 Å². The minimum absolute atomic E-state index is 0.0121. The molecule has 0 spiro atoms. The normalized spacial score (nSPS) is 10.5. The minimum atomic E-state index is 0.0121. The Morgan fingerprint density at radius 3 is 2.65 bits per heavy atom. The number of aryl methyl sites for hydroxylation is 1. The zero-order chi connectivity index (χ0) is 12.5. The van der Waals surface area contributed by atoms with Crippen LogP contribution >= 0.6 is 0 Å². The summed E-state index contributed by atoms with van der Waals surface area (Å²) >= 11 is 0.